The van der Waals surface area contributed by atoms with Crippen molar-refractivity contribution >= 4 is 17.8 Å². The van der Waals surface area contributed by atoms with Gasteiger partial charge in [-0.25, -0.2) is 4.39 Å². The van der Waals surface area contributed by atoms with Gasteiger partial charge in [-0.2, -0.15) is 0 Å². The van der Waals surface area contributed by atoms with Crippen molar-refractivity contribution in [1.29, 1.82) is 0 Å². The predicted octanol–water partition coefficient (Wildman–Crippen LogP) is 4.87. The summed E-state index contributed by atoms with van der Waals surface area (Å²) in [5, 5.41) is 3.17. The van der Waals surface area contributed by atoms with Gasteiger partial charge in [-0.05, 0) is 63.7 Å². The molecule has 1 aliphatic rings. The number of amidine groups is 1. The lowest BCUT2D eigenvalue weighted by Crippen LogP contribution is -2.24. The van der Waals surface area contributed by atoms with E-state index in [-0.39, 0.29) is 11.7 Å². The molecule has 0 bridgehead atoms. The van der Waals surface area contributed by atoms with Crippen molar-refractivity contribution in [3.05, 3.63) is 23.0 Å². The Balaban J connectivity index is 2.63. The van der Waals surface area contributed by atoms with Crippen LogP contribution in [-0.2, 0) is 4.74 Å². The molecule has 3 N–H and O–H groups in total. The van der Waals surface area contributed by atoms with E-state index in [1.807, 2.05) is 27.0 Å². The molecular formula is C25H44FN5O. The van der Waals surface area contributed by atoms with Crippen LogP contribution in [0.2, 0.25) is 0 Å². The standard InChI is InChI=1S/C25H44FN5O/c1-6-12-29-16-24(27)31-18-30-13-14-32-17-22(15-20(7-2)21-10-9-11-21)25(26)23(8-3)19(4)28-5/h7,12,21,23,30H,6,8-11,13-18H2,1-5H3,(H2,27,31)/b20-7+,25-22-,28-19?,29-12?. The summed E-state index contributed by atoms with van der Waals surface area (Å²) < 4.78 is 21.4. The zero-order valence-corrected chi connectivity index (χ0v) is 20.8. The molecule has 1 unspecified atom stereocenters. The molecule has 1 rings (SSSR count). The number of nitrogens with two attached hydrogens (primary N) is 1. The van der Waals surface area contributed by atoms with Crippen molar-refractivity contribution in [2.45, 2.75) is 66.2 Å². The summed E-state index contributed by atoms with van der Waals surface area (Å²) in [6, 6.07) is 0. The second-order valence-corrected chi connectivity index (χ2v) is 8.24. The van der Waals surface area contributed by atoms with Crippen LogP contribution in [0.4, 0.5) is 4.39 Å². The van der Waals surface area contributed by atoms with Crippen LogP contribution in [0.1, 0.15) is 66.2 Å². The monoisotopic (exact) mass is 449 g/mol. The molecule has 0 aromatic carbocycles. The number of aliphatic imine (C=N–C) groups is 3. The Morgan fingerprint density at radius 3 is 2.62 bits per heavy atom. The van der Waals surface area contributed by atoms with Crippen LogP contribution in [0.3, 0.4) is 0 Å². The van der Waals surface area contributed by atoms with Crippen molar-refractivity contribution in [3.63, 3.8) is 0 Å². The lowest BCUT2D eigenvalue weighted by Gasteiger charge is -2.29. The molecule has 0 aliphatic heterocycles. The number of ether oxygens (including phenoxy) is 1. The number of nitrogens with zero attached hydrogens (tertiary/aromatic N) is 3. The largest absolute Gasteiger partial charge is 0.386 e. The number of halogens is 1. The highest BCUT2D eigenvalue weighted by atomic mass is 19.1. The zero-order chi connectivity index (χ0) is 23.8. The summed E-state index contributed by atoms with van der Waals surface area (Å²) in [7, 11) is 1.73. The van der Waals surface area contributed by atoms with Crippen molar-refractivity contribution in [2.75, 3.05) is 40.0 Å². The molecule has 0 aromatic rings. The molecule has 1 atom stereocenters. The van der Waals surface area contributed by atoms with E-state index >= 15 is 4.39 Å². The van der Waals surface area contributed by atoms with E-state index in [1.165, 1.54) is 24.8 Å². The van der Waals surface area contributed by atoms with E-state index in [4.69, 9.17) is 10.5 Å². The first kappa shape index (κ1) is 28.2. The van der Waals surface area contributed by atoms with Gasteiger partial charge in [0.2, 0.25) is 0 Å². The molecule has 0 spiro atoms. The summed E-state index contributed by atoms with van der Waals surface area (Å²) in [5.74, 6) is 0.746. The van der Waals surface area contributed by atoms with E-state index < -0.39 is 0 Å². The van der Waals surface area contributed by atoms with E-state index in [2.05, 4.69) is 33.3 Å². The fraction of sp³-hybridized carbons (Fsp3) is 0.720. The first-order valence-corrected chi connectivity index (χ1v) is 12.0. The highest BCUT2D eigenvalue weighted by molar-refractivity contribution is 5.86. The summed E-state index contributed by atoms with van der Waals surface area (Å²) in [6.45, 7) is 10.2. The second-order valence-electron chi connectivity index (χ2n) is 8.24. The summed E-state index contributed by atoms with van der Waals surface area (Å²) in [6.07, 6.45) is 9.90. The Kier molecular flexibility index (Phi) is 14.7. The molecule has 0 saturated heterocycles. The Labute approximate surface area is 194 Å². The molecule has 6 nitrogen and oxygen atoms in total. The normalized spacial score (nSPS) is 18.1. The average Bonchev–Trinajstić information content (AvgIpc) is 2.75. The van der Waals surface area contributed by atoms with Gasteiger partial charge in [0, 0.05) is 25.2 Å². The maximum atomic E-state index is 15.5. The quantitative estimate of drug-likeness (QED) is 0.153. The Morgan fingerprint density at radius 1 is 1.31 bits per heavy atom. The Morgan fingerprint density at radius 2 is 2.06 bits per heavy atom. The summed E-state index contributed by atoms with van der Waals surface area (Å²) >= 11 is 0. The molecule has 0 amide bonds. The Hall–Kier alpha value is -1.86. The van der Waals surface area contributed by atoms with Gasteiger partial charge in [0.15, 0.2) is 0 Å². The predicted molar refractivity (Wildman–Crippen MR) is 136 cm³/mol. The smallest absolute Gasteiger partial charge is 0.117 e. The van der Waals surface area contributed by atoms with Gasteiger partial charge >= 0.3 is 0 Å². The molecule has 7 heteroatoms. The molecule has 1 saturated carbocycles. The van der Waals surface area contributed by atoms with Crippen LogP contribution in [0.5, 0.6) is 0 Å². The van der Waals surface area contributed by atoms with Crippen LogP contribution in [-0.4, -0.2) is 57.8 Å². The van der Waals surface area contributed by atoms with Gasteiger partial charge in [-0.3, -0.25) is 20.3 Å². The fourth-order valence-electron chi connectivity index (χ4n) is 3.69. The summed E-state index contributed by atoms with van der Waals surface area (Å²) in [4.78, 5) is 12.6. The molecule has 32 heavy (non-hydrogen) atoms. The van der Waals surface area contributed by atoms with E-state index in [9.17, 15) is 0 Å². The van der Waals surface area contributed by atoms with Gasteiger partial charge in [0.1, 0.15) is 11.7 Å². The number of rotatable bonds is 16. The maximum absolute atomic E-state index is 15.5. The molecular weight excluding hydrogens is 405 g/mol. The van der Waals surface area contributed by atoms with Crippen molar-refractivity contribution in [1.82, 2.24) is 5.32 Å². The first-order chi connectivity index (χ1) is 15.5. The highest BCUT2D eigenvalue weighted by Gasteiger charge is 2.25. The topological polar surface area (TPSA) is 84.4 Å². The third-order valence-electron chi connectivity index (χ3n) is 5.99. The average molecular weight is 450 g/mol. The van der Waals surface area contributed by atoms with Gasteiger partial charge in [0.25, 0.3) is 0 Å². The van der Waals surface area contributed by atoms with Gasteiger partial charge < -0.3 is 10.5 Å². The van der Waals surface area contributed by atoms with E-state index in [0.29, 0.717) is 57.6 Å². The minimum atomic E-state index is -0.274. The van der Waals surface area contributed by atoms with Gasteiger partial charge in [-0.1, -0.05) is 31.9 Å². The van der Waals surface area contributed by atoms with E-state index in [0.717, 1.165) is 17.7 Å². The first-order valence-electron chi connectivity index (χ1n) is 12.0. The third kappa shape index (κ3) is 10.2. The van der Waals surface area contributed by atoms with Crippen LogP contribution >= 0.6 is 0 Å². The number of hydrogen-bond acceptors (Lipinski definition) is 5. The lowest BCUT2D eigenvalue weighted by atomic mass is 9.77. The maximum Gasteiger partial charge on any atom is 0.117 e. The SMILES string of the molecule is C/C=C(\C/C(COCCNCN=C(N)CN=CCC)=C(/F)C(CC)C(C)=NC)C1CCC1. The number of allylic oxidation sites excluding steroid dienone is 3. The van der Waals surface area contributed by atoms with Crippen molar-refractivity contribution in [3.8, 4) is 0 Å². The summed E-state index contributed by atoms with van der Waals surface area (Å²) in [5.41, 5.74) is 8.71. The fourth-order valence-corrected chi connectivity index (χ4v) is 3.69. The Bertz CT molecular complexity index is 692. The number of nitrogens with one attached hydrogen (secondary N) is 1. The molecule has 1 fully saturated rings. The van der Waals surface area contributed by atoms with Crippen molar-refractivity contribution in [2.24, 2.45) is 32.5 Å². The van der Waals surface area contributed by atoms with E-state index in [1.54, 1.807) is 7.05 Å². The molecule has 0 radical (unpaired) electrons. The van der Waals surface area contributed by atoms with Crippen LogP contribution in [0, 0.1) is 11.8 Å². The third-order valence-corrected chi connectivity index (χ3v) is 5.99. The molecule has 0 aromatic heterocycles. The molecule has 1 aliphatic carbocycles. The molecule has 182 valence electrons. The van der Waals surface area contributed by atoms with Gasteiger partial charge in [-0.15, -0.1) is 0 Å². The number of hydrogen-bond donors (Lipinski definition) is 2. The lowest BCUT2D eigenvalue weighted by molar-refractivity contribution is 0.153. The minimum Gasteiger partial charge on any atom is -0.386 e. The van der Waals surface area contributed by atoms with Crippen LogP contribution in [0.15, 0.2) is 38.0 Å². The van der Waals surface area contributed by atoms with Crippen molar-refractivity contribution < 1.29 is 9.13 Å². The second kappa shape index (κ2) is 16.7. The minimum absolute atomic E-state index is 0.0766. The van der Waals surface area contributed by atoms with Crippen LogP contribution < -0.4 is 11.1 Å². The van der Waals surface area contributed by atoms with Crippen LogP contribution in [0.25, 0.3) is 0 Å². The zero-order valence-electron chi connectivity index (χ0n) is 20.8. The van der Waals surface area contributed by atoms with Gasteiger partial charge in [0.05, 0.1) is 26.4 Å². The highest BCUT2D eigenvalue weighted by Crippen LogP contribution is 2.37. The molecule has 0 heterocycles.